The molecular weight excluding hydrogens is 204 g/mol. The third kappa shape index (κ3) is 1.41. The van der Waals surface area contributed by atoms with Crippen molar-refractivity contribution in [1.29, 1.82) is 0 Å². The fourth-order valence-corrected chi connectivity index (χ4v) is 1.98. The molecule has 1 N–H and O–H groups in total. The second kappa shape index (κ2) is 3.52. The van der Waals surface area contributed by atoms with Gasteiger partial charge in [-0.25, -0.2) is 9.97 Å². The maximum Gasteiger partial charge on any atom is 0.254 e. The van der Waals surface area contributed by atoms with Crippen molar-refractivity contribution in [2.75, 3.05) is 0 Å². The topological polar surface area (TPSA) is 71.5 Å². The van der Waals surface area contributed by atoms with Gasteiger partial charge in [0, 0.05) is 18.0 Å². The predicted molar refractivity (Wildman–Crippen MR) is 57.9 cm³/mol. The van der Waals surface area contributed by atoms with Gasteiger partial charge in [0.05, 0.1) is 11.9 Å². The molecule has 0 bridgehead atoms. The van der Waals surface area contributed by atoms with E-state index in [0.29, 0.717) is 11.5 Å². The minimum absolute atomic E-state index is 0.0387. The third-order valence-electron chi connectivity index (χ3n) is 2.75. The van der Waals surface area contributed by atoms with E-state index in [4.69, 9.17) is 0 Å². The van der Waals surface area contributed by atoms with Crippen LogP contribution in [0.4, 0.5) is 0 Å². The number of aromatic nitrogens is 4. The minimum atomic E-state index is -0.0387. The lowest BCUT2D eigenvalue weighted by Gasteiger charge is -2.02. The Labute approximate surface area is 91.6 Å². The second-order valence-corrected chi connectivity index (χ2v) is 3.78. The van der Waals surface area contributed by atoms with Crippen molar-refractivity contribution in [2.24, 2.45) is 0 Å². The quantitative estimate of drug-likeness (QED) is 0.759. The van der Waals surface area contributed by atoms with Gasteiger partial charge in [-0.3, -0.25) is 9.78 Å². The molecule has 0 saturated heterocycles. The molecule has 5 heteroatoms. The molecule has 1 aliphatic rings. The highest BCUT2D eigenvalue weighted by Gasteiger charge is 2.17. The largest absolute Gasteiger partial charge is 0.305 e. The number of aromatic amines is 1. The number of H-pyrrole nitrogens is 1. The molecule has 0 aliphatic heterocycles. The number of nitrogens with zero attached hydrogens (tertiary/aromatic N) is 3. The summed E-state index contributed by atoms with van der Waals surface area (Å²) in [5, 5.41) is 0. The Morgan fingerprint density at radius 2 is 2.19 bits per heavy atom. The lowest BCUT2D eigenvalue weighted by Crippen LogP contribution is -2.15. The number of hydrogen-bond donors (Lipinski definition) is 1. The summed E-state index contributed by atoms with van der Waals surface area (Å²) in [6.07, 6.45) is 7.50. The predicted octanol–water partition coefficient (Wildman–Crippen LogP) is 0.716. The molecule has 1 aliphatic carbocycles. The van der Waals surface area contributed by atoms with Gasteiger partial charge in [0.2, 0.25) is 0 Å². The normalized spacial score (nSPS) is 13.8. The summed E-state index contributed by atoms with van der Waals surface area (Å²) < 4.78 is 0. The molecule has 0 radical (unpaired) electrons. The maximum absolute atomic E-state index is 11.8. The standard InChI is InChI=1S/C11H10N4O/c16-11-7-2-1-3-8(7)14-10(15-11)9-6-12-4-5-13-9/h4-6H,1-3H2,(H,14,15,16). The van der Waals surface area contributed by atoms with Gasteiger partial charge in [-0.2, -0.15) is 0 Å². The molecule has 2 aromatic rings. The van der Waals surface area contributed by atoms with E-state index in [9.17, 15) is 4.79 Å². The van der Waals surface area contributed by atoms with Crippen LogP contribution in [0.25, 0.3) is 11.5 Å². The zero-order chi connectivity index (χ0) is 11.0. The van der Waals surface area contributed by atoms with Crippen LogP contribution in [0.2, 0.25) is 0 Å². The van der Waals surface area contributed by atoms with Gasteiger partial charge >= 0.3 is 0 Å². The van der Waals surface area contributed by atoms with Crippen molar-refractivity contribution in [1.82, 2.24) is 19.9 Å². The molecule has 0 spiro atoms. The Balaban J connectivity index is 2.17. The van der Waals surface area contributed by atoms with Crippen LogP contribution < -0.4 is 5.56 Å². The first kappa shape index (κ1) is 9.21. The summed E-state index contributed by atoms with van der Waals surface area (Å²) in [6, 6.07) is 0. The van der Waals surface area contributed by atoms with Crippen LogP contribution in [0.1, 0.15) is 17.7 Å². The molecule has 0 atom stereocenters. The van der Waals surface area contributed by atoms with Crippen molar-refractivity contribution in [3.8, 4) is 11.5 Å². The van der Waals surface area contributed by atoms with Crippen molar-refractivity contribution in [3.05, 3.63) is 40.2 Å². The molecule has 5 nitrogen and oxygen atoms in total. The van der Waals surface area contributed by atoms with Crippen LogP contribution >= 0.6 is 0 Å². The Hall–Kier alpha value is -2.04. The molecule has 2 heterocycles. The van der Waals surface area contributed by atoms with E-state index in [1.54, 1.807) is 18.6 Å². The Morgan fingerprint density at radius 1 is 1.25 bits per heavy atom. The Morgan fingerprint density at radius 3 is 3.00 bits per heavy atom. The SMILES string of the molecule is O=c1[nH]c(-c2cnccn2)nc2c1CCC2. The number of nitrogens with one attached hydrogen (secondary N) is 1. The molecule has 0 aromatic carbocycles. The number of aryl methyl sites for hydroxylation is 1. The lowest BCUT2D eigenvalue weighted by molar-refractivity contribution is 0.898. The number of hydrogen-bond acceptors (Lipinski definition) is 4. The summed E-state index contributed by atoms with van der Waals surface area (Å²) in [7, 11) is 0. The van der Waals surface area contributed by atoms with E-state index in [2.05, 4.69) is 19.9 Å². The zero-order valence-electron chi connectivity index (χ0n) is 8.60. The van der Waals surface area contributed by atoms with Gasteiger partial charge in [-0.15, -0.1) is 0 Å². The van der Waals surface area contributed by atoms with Crippen molar-refractivity contribution in [2.45, 2.75) is 19.3 Å². The summed E-state index contributed by atoms with van der Waals surface area (Å²) in [5.74, 6) is 0.513. The number of fused-ring (bicyclic) bond motifs is 1. The van der Waals surface area contributed by atoms with E-state index in [-0.39, 0.29) is 5.56 Å². The average Bonchev–Trinajstić information content (AvgIpc) is 2.79. The van der Waals surface area contributed by atoms with Crippen LogP contribution in [0.5, 0.6) is 0 Å². The van der Waals surface area contributed by atoms with E-state index < -0.39 is 0 Å². The van der Waals surface area contributed by atoms with E-state index in [1.165, 1.54) is 0 Å². The smallest absolute Gasteiger partial charge is 0.254 e. The van der Waals surface area contributed by atoms with Crippen molar-refractivity contribution >= 4 is 0 Å². The van der Waals surface area contributed by atoms with Crippen LogP contribution in [0, 0.1) is 0 Å². The molecule has 80 valence electrons. The van der Waals surface area contributed by atoms with Gasteiger partial charge in [-0.05, 0) is 19.3 Å². The first-order valence-electron chi connectivity index (χ1n) is 5.23. The fourth-order valence-electron chi connectivity index (χ4n) is 1.98. The van der Waals surface area contributed by atoms with Crippen LogP contribution in [0.3, 0.4) is 0 Å². The van der Waals surface area contributed by atoms with Gasteiger partial charge < -0.3 is 4.98 Å². The Bertz CT molecular complexity index is 576. The van der Waals surface area contributed by atoms with Crippen LogP contribution in [0.15, 0.2) is 23.4 Å². The zero-order valence-corrected chi connectivity index (χ0v) is 8.60. The van der Waals surface area contributed by atoms with Crippen LogP contribution in [-0.2, 0) is 12.8 Å². The average molecular weight is 214 g/mol. The monoisotopic (exact) mass is 214 g/mol. The van der Waals surface area contributed by atoms with Gasteiger partial charge in [-0.1, -0.05) is 0 Å². The summed E-state index contributed by atoms with van der Waals surface area (Å²) >= 11 is 0. The highest BCUT2D eigenvalue weighted by molar-refractivity contribution is 5.47. The summed E-state index contributed by atoms with van der Waals surface area (Å²) in [4.78, 5) is 27.0. The molecule has 0 saturated carbocycles. The highest BCUT2D eigenvalue weighted by Crippen LogP contribution is 2.18. The van der Waals surface area contributed by atoms with Crippen LogP contribution in [-0.4, -0.2) is 19.9 Å². The number of rotatable bonds is 1. The highest BCUT2D eigenvalue weighted by atomic mass is 16.1. The third-order valence-corrected chi connectivity index (χ3v) is 2.75. The van der Waals surface area contributed by atoms with Gasteiger partial charge in [0.1, 0.15) is 5.69 Å². The van der Waals surface area contributed by atoms with E-state index in [0.717, 1.165) is 30.5 Å². The Kier molecular flexibility index (Phi) is 2.02. The van der Waals surface area contributed by atoms with Gasteiger partial charge in [0.15, 0.2) is 5.82 Å². The van der Waals surface area contributed by atoms with Gasteiger partial charge in [0.25, 0.3) is 5.56 Å². The lowest BCUT2D eigenvalue weighted by atomic mass is 10.2. The molecule has 3 rings (SSSR count). The molecule has 0 amide bonds. The molecule has 16 heavy (non-hydrogen) atoms. The summed E-state index contributed by atoms with van der Waals surface area (Å²) in [6.45, 7) is 0. The fraction of sp³-hybridized carbons (Fsp3) is 0.273. The molecular formula is C11H10N4O. The summed E-state index contributed by atoms with van der Waals surface area (Å²) in [5.41, 5.74) is 2.30. The maximum atomic E-state index is 11.8. The second-order valence-electron chi connectivity index (χ2n) is 3.78. The molecule has 0 unspecified atom stereocenters. The molecule has 2 aromatic heterocycles. The van der Waals surface area contributed by atoms with Crippen molar-refractivity contribution in [3.63, 3.8) is 0 Å². The molecule has 0 fully saturated rings. The first-order valence-corrected chi connectivity index (χ1v) is 5.23. The van der Waals surface area contributed by atoms with Crippen molar-refractivity contribution < 1.29 is 0 Å². The minimum Gasteiger partial charge on any atom is -0.305 e. The van der Waals surface area contributed by atoms with E-state index in [1.807, 2.05) is 0 Å². The first-order chi connectivity index (χ1) is 7.84. The van der Waals surface area contributed by atoms with E-state index >= 15 is 0 Å².